The largest absolute Gasteiger partial charge is 0.456 e. The van der Waals surface area contributed by atoms with E-state index in [0.717, 1.165) is 45.7 Å². The van der Waals surface area contributed by atoms with Crippen molar-refractivity contribution < 1.29 is 9.53 Å². The highest BCUT2D eigenvalue weighted by Crippen LogP contribution is 2.52. The van der Waals surface area contributed by atoms with Crippen molar-refractivity contribution in [2.24, 2.45) is 0 Å². The average Bonchev–Trinajstić information content (AvgIpc) is 3.08. The minimum Gasteiger partial charge on any atom is -0.456 e. The van der Waals surface area contributed by atoms with Crippen LogP contribution >= 0.6 is 35.3 Å². The number of esters is 1. The first-order valence-corrected chi connectivity index (χ1v) is 13.7. The number of unbranched alkanes of at least 4 members (excludes halogenated alkanes) is 3. The van der Waals surface area contributed by atoms with Crippen molar-refractivity contribution >= 4 is 41.3 Å². The molecule has 0 spiro atoms. The van der Waals surface area contributed by atoms with Crippen LogP contribution in [0.2, 0.25) is 0 Å². The molecule has 1 unspecified atom stereocenters. The highest BCUT2D eigenvalue weighted by atomic mass is 32.2. The molecule has 1 aromatic rings. The Morgan fingerprint density at radius 2 is 1.93 bits per heavy atom. The number of benzene rings is 1. The third-order valence-electron chi connectivity index (χ3n) is 5.23. The fourth-order valence-corrected chi connectivity index (χ4v) is 7.24. The van der Waals surface area contributed by atoms with Gasteiger partial charge in [-0.05, 0) is 18.1 Å². The highest BCUT2D eigenvalue weighted by Gasteiger charge is 2.33. The van der Waals surface area contributed by atoms with Crippen molar-refractivity contribution in [3.63, 3.8) is 0 Å². The molecule has 1 atom stereocenters. The summed E-state index contributed by atoms with van der Waals surface area (Å²) in [6, 6.07) is 10.5. The van der Waals surface area contributed by atoms with Gasteiger partial charge in [-0.3, -0.25) is 0 Å². The number of allylic oxidation sites excluding steroid dienone is 1. The molecule has 2 aliphatic rings. The van der Waals surface area contributed by atoms with Crippen molar-refractivity contribution in [1.82, 2.24) is 0 Å². The zero-order valence-corrected chi connectivity index (χ0v) is 20.0. The number of nitrogens with zero attached hydrogens (tertiary/aromatic N) is 1. The Hall–Kier alpha value is -1.29. The Kier molecular flexibility index (Phi) is 9.29. The van der Waals surface area contributed by atoms with Crippen LogP contribution < -0.4 is 0 Å². The lowest BCUT2D eigenvalue weighted by Gasteiger charge is -2.21. The summed E-state index contributed by atoms with van der Waals surface area (Å²) in [5, 5.41) is 9.88. The van der Waals surface area contributed by atoms with Crippen molar-refractivity contribution in [2.75, 3.05) is 23.0 Å². The second-order valence-corrected chi connectivity index (χ2v) is 10.8. The molecule has 1 fully saturated rings. The first-order valence-electron chi connectivity index (χ1n) is 10.6. The quantitative estimate of drug-likeness (QED) is 0.151. The maximum Gasteiger partial charge on any atom is 0.350 e. The third-order valence-corrected chi connectivity index (χ3v) is 8.97. The molecule has 3 rings (SSSR count). The SMILES string of the molecule is C=C1CSCC(OC(=O)C(C#N)=C2Sc3ccccc3C2CCCCCC)CSC1. The zero-order valence-electron chi connectivity index (χ0n) is 17.5. The van der Waals surface area contributed by atoms with Gasteiger partial charge in [-0.15, -0.1) is 0 Å². The molecule has 160 valence electrons. The first-order chi connectivity index (χ1) is 14.6. The third kappa shape index (κ3) is 6.12. The molecule has 0 aliphatic carbocycles. The lowest BCUT2D eigenvalue weighted by atomic mass is 9.91. The topological polar surface area (TPSA) is 50.1 Å². The fraction of sp³-hybridized carbons (Fsp3) is 0.500. The van der Waals surface area contributed by atoms with Crippen molar-refractivity contribution in [3.05, 3.63) is 52.5 Å². The standard InChI is InChI=1S/C24H29NO2S3/c1-3-4-5-6-10-20-19-9-7-8-11-22(19)30-23(20)21(12-25)24(26)27-18-15-28-13-17(2)14-29-16-18/h7-9,11,18,20H,2-6,10,13-16H2,1H3. The maximum absolute atomic E-state index is 13.0. The molecule has 0 amide bonds. The van der Waals surface area contributed by atoms with E-state index in [-0.39, 0.29) is 17.6 Å². The molecule has 1 saturated heterocycles. The van der Waals surface area contributed by atoms with Gasteiger partial charge in [-0.2, -0.15) is 28.8 Å². The van der Waals surface area contributed by atoms with Crippen LogP contribution in [-0.4, -0.2) is 35.1 Å². The molecule has 6 heteroatoms. The van der Waals surface area contributed by atoms with Gasteiger partial charge < -0.3 is 4.74 Å². The maximum atomic E-state index is 13.0. The Bertz CT molecular complexity index is 831. The predicted molar refractivity (Wildman–Crippen MR) is 130 cm³/mol. The van der Waals surface area contributed by atoms with Gasteiger partial charge in [0.25, 0.3) is 0 Å². The number of carbonyl (C=O) groups is 1. The molecule has 2 heterocycles. The lowest BCUT2D eigenvalue weighted by Crippen LogP contribution is -2.26. The van der Waals surface area contributed by atoms with Crippen molar-refractivity contribution in [2.45, 2.75) is 55.9 Å². The van der Waals surface area contributed by atoms with Crippen LogP contribution in [0.5, 0.6) is 0 Å². The van der Waals surface area contributed by atoms with Crippen LogP contribution in [0.25, 0.3) is 0 Å². The number of fused-ring (bicyclic) bond motifs is 1. The Morgan fingerprint density at radius 3 is 2.63 bits per heavy atom. The molecule has 0 radical (unpaired) electrons. The van der Waals surface area contributed by atoms with E-state index < -0.39 is 5.97 Å². The van der Waals surface area contributed by atoms with E-state index in [1.165, 1.54) is 30.4 Å². The minimum absolute atomic E-state index is 0.120. The number of hydrogen-bond acceptors (Lipinski definition) is 6. The zero-order chi connectivity index (χ0) is 21.3. The van der Waals surface area contributed by atoms with Gasteiger partial charge in [-0.25, -0.2) is 4.79 Å². The van der Waals surface area contributed by atoms with Crippen molar-refractivity contribution in [1.29, 1.82) is 5.26 Å². The number of hydrogen-bond donors (Lipinski definition) is 0. The van der Waals surface area contributed by atoms with E-state index in [9.17, 15) is 10.1 Å². The summed E-state index contributed by atoms with van der Waals surface area (Å²) in [6.45, 7) is 6.26. The van der Waals surface area contributed by atoms with Crippen molar-refractivity contribution in [3.8, 4) is 6.07 Å². The Balaban J connectivity index is 1.76. The smallest absolute Gasteiger partial charge is 0.350 e. The second kappa shape index (κ2) is 11.9. The Labute approximate surface area is 193 Å². The molecule has 3 nitrogen and oxygen atoms in total. The summed E-state index contributed by atoms with van der Waals surface area (Å²) < 4.78 is 5.81. The summed E-state index contributed by atoms with van der Waals surface area (Å²) in [6.07, 6.45) is 5.50. The number of carbonyl (C=O) groups excluding carboxylic acids is 1. The summed E-state index contributed by atoms with van der Waals surface area (Å²) >= 11 is 5.07. The Morgan fingerprint density at radius 1 is 1.20 bits per heavy atom. The molecular formula is C24H29NO2S3. The van der Waals surface area contributed by atoms with E-state index in [4.69, 9.17) is 4.74 Å². The van der Waals surface area contributed by atoms with Gasteiger partial charge in [0.05, 0.1) is 0 Å². The van der Waals surface area contributed by atoms with Gasteiger partial charge in [-0.1, -0.05) is 74.7 Å². The first kappa shape index (κ1) is 23.4. The van der Waals surface area contributed by atoms with Crippen LogP contribution in [0.4, 0.5) is 0 Å². The molecule has 0 N–H and O–H groups in total. The van der Waals surface area contributed by atoms with E-state index in [1.54, 1.807) is 35.3 Å². The van der Waals surface area contributed by atoms with Gasteiger partial charge in [0.15, 0.2) is 0 Å². The van der Waals surface area contributed by atoms with Crippen LogP contribution in [0.1, 0.15) is 50.5 Å². The van der Waals surface area contributed by atoms with Crippen LogP contribution in [0, 0.1) is 11.3 Å². The van der Waals surface area contributed by atoms with E-state index in [1.807, 2.05) is 12.1 Å². The van der Waals surface area contributed by atoms with Crippen LogP contribution in [-0.2, 0) is 9.53 Å². The number of thioether (sulfide) groups is 3. The van der Waals surface area contributed by atoms with E-state index >= 15 is 0 Å². The summed E-state index contributed by atoms with van der Waals surface area (Å²) in [7, 11) is 0. The average molecular weight is 460 g/mol. The summed E-state index contributed by atoms with van der Waals surface area (Å²) in [5.74, 6) is 2.96. The molecule has 2 aliphatic heterocycles. The highest BCUT2D eigenvalue weighted by molar-refractivity contribution is 8.03. The van der Waals surface area contributed by atoms with Gasteiger partial charge in [0.2, 0.25) is 0 Å². The summed E-state index contributed by atoms with van der Waals surface area (Å²) in [5.41, 5.74) is 2.66. The van der Waals surface area contributed by atoms with Crippen LogP contribution in [0.15, 0.2) is 51.8 Å². The lowest BCUT2D eigenvalue weighted by molar-refractivity contribution is -0.141. The number of ether oxygens (including phenoxy) is 1. The molecule has 0 aromatic heterocycles. The van der Waals surface area contributed by atoms with E-state index in [2.05, 4.69) is 31.7 Å². The van der Waals surface area contributed by atoms with Gasteiger partial charge in [0, 0.05) is 38.7 Å². The molecule has 30 heavy (non-hydrogen) atoms. The number of rotatable bonds is 7. The molecule has 1 aromatic carbocycles. The molecular weight excluding hydrogens is 430 g/mol. The minimum atomic E-state index is -0.461. The van der Waals surface area contributed by atoms with Crippen LogP contribution in [0.3, 0.4) is 0 Å². The monoisotopic (exact) mass is 459 g/mol. The normalized spacial score (nSPS) is 21.3. The van der Waals surface area contributed by atoms with Gasteiger partial charge in [0.1, 0.15) is 17.7 Å². The molecule has 0 saturated carbocycles. The second-order valence-electron chi connectivity index (χ2n) is 7.70. The molecule has 0 bridgehead atoms. The number of nitriles is 1. The van der Waals surface area contributed by atoms with E-state index in [0.29, 0.717) is 0 Å². The summed E-state index contributed by atoms with van der Waals surface area (Å²) in [4.78, 5) is 15.0. The van der Waals surface area contributed by atoms with Gasteiger partial charge >= 0.3 is 5.97 Å². The fourth-order valence-electron chi connectivity index (χ4n) is 3.72. The predicted octanol–water partition coefficient (Wildman–Crippen LogP) is 6.57.